The summed E-state index contributed by atoms with van der Waals surface area (Å²) in [6.07, 6.45) is 15.6. The lowest BCUT2D eigenvalue weighted by Crippen LogP contribution is -2.37. The molecule has 6 unspecified atom stereocenters. The summed E-state index contributed by atoms with van der Waals surface area (Å²) in [5.74, 6) is 4.43. The maximum Gasteiger partial charge on any atom is 0.0566 e. The lowest BCUT2D eigenvalue weighted by Gasteiger charge is -2.32. The van der Waals surface area contributed by atoms with Crippen LogP contribution in [-0.4, -0.2) is 38.1 Å². The van der Waals surface area contributed by atoms with Gasteiger partial charge in [-0.2, -0.15) is 0 Å². The third-order valence-corrected chi connectivity index (χ3v) is 7.40. The Morgan fingerprint density at radius 3 is 1.68 bits per heavy atom. The van der Waals surface area contributed by atoms with Crippen molar-refractivity contribution in [2.75, 3.05) is 33.0 Å². The first-order chi connectivity index (χ1) is 12.2. The van der Waals surface area contributed by atoms with Crippen LogP contribution in [0.1, 0.15) is 39.0 Å². The first kappa shape index (κ1) is 17.8. The van der Waals surface area contributed by atoms with Crippen molar-refractivity contribution in [3.63, 3.8) is 0 Å². The molecule has 0 radical (unpaired) electrons. The van der Waals surface area contributed by atoms with Crippen LogP contribution in [0.15, 0.2) is 24.3 Å². The van der Waals surface area contributed by atoms with E-state index in [-0.39, 0.29) is 12.0 Å². The molecule has 2 fully saturated rings. The van der Waals surface area contributed by atoms with Crippen LogP contribution in [0, 0.1) is 40.9 Å². The predicted molar refractivity (Wildman–Crippen MR) is 99.1 cm³/mol. The largest absolute Gasteiger partial charge is 0.396 e. The van der Waals surface area contributed by atoms with Crippen molar-refractivity contribution >= 4 is 0 Å². The average molecular weight is 347 g/mol. The molecule has 6 atom stereocenters. The summed E-state index contributed by atoms with van der Waals surface area (Å²) in [6.45, 7) is 5.21. The van der Waals surface area contributed by atoms with E-state index in [1.165, 1.54) is 25.7 Å². The van der Waals surface area contributed by atoms with Gasteiger partial charge in [-0.05, 0) is 67.6 Å². The van der Waals surface area contributed by atoms with Gasteiger partial charge >= 0.3 is 0 Å². The highest BCUT2D eigenvalue weighted by atomic mass is 16.5. The number of hydrogen-bond donors (Lipinski definition) is 1. The molecule has 0 aromatic heterocycles. The van der Waals surface area contributed by atoms with Gasteiger partial charge in [0.1, 0.15) is 0 Å². The Morgan fingerprint density at radius 2 is 1.36 bits per heavy atom. The summed E-state index contributed by atoms with van der Waals surface area (Å²) >= 11 is 0. The van der Waals surface area contributed by atoms with Crippen molar-refractivity contribution in [1.29, 1.82) is 0 Å². The summed E-state index contributed by atoms with van der Waals surface area (Å²) in [5.41, 5.74) is -0.235. The molecule has 0 spiro atoms. The first-order valence-electron chi connectivity index (χ1n) is 10.3. The highest BCUT2D eigenvalue weighted by molar-refractivity contribution is 5.10. The molecular formula is C22H34O3. The Bertz CT molecular complexity index is 465. The summed E-state index contributed by atoms with van der Waals surface area (Å²) in [7, 11) is 0. The molecular weight excluding hydrogens is 312 g/mol. The number of aliphatic hydroxyl groups is 1. The molecule has 4 aliphatic carbocycles. The average Bonchev–Trinajstić information content (AvgIpc) is 3.41. The van der Waals surface area contributed by atoms with Crippen molar-refractivity contribution in [2.45, 2.75) is 39.0 Å². The molecule has 0 amide bonds. The van der Waals surface area contributed by atoms with Crippen LogP contribution >= 0.6 is 0 Å². The van der Waals surface area contributed by atoms with Gasteiger partial charge in [0, 0.05) is 18.6 Å². The molecule has 4 rings (SSSR count). The van der Waals surface area contributed by atoms with Crippen molar-refractivity contribution in [3.8, 4) is 0 Å². The van der Waals surface area contributed by atoms with Gasteiger partial charge in [0.15, 0.2) is 0 Å². The second-order valence-corrected chi connectivity index (χ2v) is 9.12. The smallest absolute Gasteiger partial charge is 0.0566 e. The minimum atomic E-state index is -0.235. The molecule has 1 N–H and O–H groups in total. The molecule has 4 aliphatic rings. The molecule has 3 heteroatoms. The van der Waals surface area contributed by atoms with Gasteiger partial charge < -0.3 is 14.6 Å². The van der Waals surface area contributed by atoms with Crippen LogP contribution < -0.4 is 0 Å². The van der Waals surface area contributed by atoms with E-state index in [1.807, 2.05) is 0 Å². The standard InChI is InChI=1S/C22H34O3/c1-2-22(13-23,14-24-11-20-9-16-3-5-18(20)7-16)15-25-12-21-10-17-4-6-19(21)8-17/h3-6,16-21,23H,2,7-15H2,1H3. The molecule has 3 nitrogen and oxygen atoms in total. The summed E-state index contributed by atoms with van der Waals surface area (Å²) < 4.78 is 12.2. The molecule has 140 valence electrons. The number of allylic oxidation sites excluding steroid dienone is 4. The Kier molecular flexibility index (Phi) is 5.35. The van der Waals surface area contributed by atoms with E-state index in [2.05, 4.69) is 31.2 Å². The monoisotopic (exact) mass is 346 g/mol. The molecule has 0 aromatic rings. The number of fused-ring (bicyclic) bond motifs is 4. The fourth-order valence-electron chi connectivity index (χ4n) is 5.47. The number of rotatable bonds is 10. The molecule has 2 saturated carbocycles. The molecule has 25 heavy (non-hydrogen) atoms. The molecule has 0 aromatic carbocycles. The zero-order valence-corrected chi connectivity index (χ0v) is 15.6. The Labute approximate surface area is 152 Å². The van der Waals surface area contributed by atoms with Crippen LogP contribution in [0.2, 0.25) is 0 Å². The quantitative estimate of drug-likeness (QED) is 0.611. The van der Waals surface area contributed by atoms with Crippen LogP contribution in [0.5, 0.6) is 0 Å². The van der Waals surface area contributed by atoms with E-state index in [0.717, 1.165) is 43.3 Å². The van der Waals surface area contributed by atoms with Crippen LogP contribution in [0.25, 0.3) is 0 Å². The van der Waals surface area contributed by atoms with E-state index in [9.17, 15) is 5.11 Å². The van der Waals surface area contributed by atoms with Crippen molar-refractivity contribution in [2.24, 2.45) is 40.9 Å². The van der Waals surface area contributed by atoms with Crippen molar-refractivity contribution < 1.29 is 14.6 Å². The van der Waals surface area contributed by atoms with E-state index < -0.39 is 0 Å². The fourth-order valence-corrected chi connectivity index (χ4v) is 5.47. The van der Waals surface area contributed by atoms with Crippen LogP contribution in [0.4, 0.5) is 0 Å². The Morgan fingerprint density at radius 1 is 0.840 bits per heavy atom. The second kappa shape index (κ2) is 7.54. The summed E-state index contributed by atoms with van der Waals surface area (Å²) in [4.78, 5) is 0. The third kappa shape index (κ3) is 3.74. The van der Waals surface area contributed by atoms with E-state index in [0.29, 0.717) is 25.0 Å². The zero-order valence-electron chi connectivity index (χ0n) is 15.6. The third-order valence-electron chi connectivity index (χ3n) is 7.40. The molecule has 0 heterocycles. The first-order valence-corrected chi connectivity index (χ1v) is 10.3. The Balaban J connectivity index is 1.20. The van der Waals surface area contributed by atoms with Gasteiger partial charge in [-0.3, -0.25) is 0 Å². The van der Waals surface area contributed by atoms with Gasteiger partial charge in [-0.1, -0.05) is 31.2 Å². The highest BCUT2D eigenvalue weighted by Gasteiger charge is 2.38. The van der Waals surface area contributed by atoms with Crippen LogP contribution in [0.3, 0.4) is 0 Å². The van der Waals surface area contributed by atoms with Gasteiger partial charge in [0.05, 0.1) is 19.8 Å². The topological polar surface area (TPSA) is 38.7 Å². The highest BCUT2D eigenvalue weighted by Crippen LogP contribution is 2.44. The molecule has 4 bridgehead atoms. The Hall–Kier alpha value is -0.640. The normalized spacial score (nSPS) is 40.2. The van der Waals surface area contributed by atoms with E-state index in [4.69, 9.17) is 9.47 Å². The minimum absolute atomic E-state index is 0.150. The zero-order chi connectivity index (χ0) is 17.3. The van der Waals surface area contributed by atoms with Gasteiger partial charge in [-0.15, -0.1) is 0 Å². The van der Waals surface area contributed by atoms with E-state index >= 15 is 0 Å². The summed E-state index contributed by atoms with van der Waals surface area (Å²) in [6, 6.07) is 0. The SMILES string of the molecule is CCC(CO)(COCC1CC2C=CC1C2)COCC1CC2C=CC1C2. The maximum atomic E-state index is 9.99. The van der Waals surface area contributed by atoms with Gasteiger partial charge in [-0.25, -0.2) is 0 Å². The molecule has 0 aliphatic heterocycles. The van der Waals surface area contributed by atoms with Crippen molar-refractivity contribution in [3.05, 3.63) is 24.3 Å². The number of ether oxygens (including phenoxy) is 2. The van der Waals surface area contributed by atoms with E-state index in [1.54, 1.807) is 0 Å². The summed E-state index contributed by atoms with van der Waals surface area (Å²) in [5, 5.41) is 9.99. The van der Waals surface area contributed by atoms with Crippen LogP contribution in [-0.2, 0) is 9.47 Å². The number of hydrogen-bond acceptors (Lipinski definition) is 3. The maximum absolute atomic E-state index is 9.99. The predicted octanol–water partition coefficient (Wildman–Crippen LogP) is 3.83. The number of aliphatic hydroxyl groups excluding tert-OH is 1. The van der Waals surface area contributed by atoms with Gasteiger partial charge in [0.2, 0.25) is 0 Å². The molecule has 0 saturated heterocycles. The second-order valence-electron chi connectivity index (χ2n) is 9.12. The lowest BCUT2D eigenvalue weighted by molar-refractivity contribution is -0.0669. The van der Waals surface area contributed by atoms with Gasteiger partial charge in [0.25, 0.3) is 0 Å². The lowest BCUT2D eigenvalue weighted by atomic mass is 9.87. The van der Waals surface area contributed by atoms with Crippen molar-refractivity contribution in [1.82, 2.24) is 0 Å². The fraction of sp³-hybridized carbons (Fsp3) is 0.818. The minimum Gasteiger partial charge on any atom is -0.396 e.